The van der Waals surface area contributed by atoms with Crippen molar-refractivity contribution in [2.45, 2.75) is 43.4 Å². The molecular formula is C24H21F3O5. The summed E-state index contributed by atoms with van der Waals surface area (Å²) < 4.78 is 63.4. The lowest BCUT2D eigenvalue weighted by Gasteiger charge is -2.37. The maximum Gasteiger partial charge on any atom is 0.432 e. The molecule has 2 heterocycles. The van der Waals surface area contributed by atoms with Gasteiger partial charge in [-0.25, -0.2) is 4.79 Å². The predicted molar refractivity (Wildman–Crippen MR) is 109 cm³/mol. The van der Waals surface area contributed by atoms with E-state index in [1.165, 1.54) is 24.3 Å². The summed E-state index contributed by atoms with van der Waals surface area (Å²) in [6.45, 7) is 1.54. The molecule has 3 atom stereocenters. The van der Waals surface area contributed by atoms with Crippen LogP contribution in [0.4, 0.5) is 13.2 Å². The molecule has 168 valence electrons. The van der Waals surface area contributed by atoms with Gasteiger partial charge in [-0.15, -0.1) is 0 Å². The molecule has 32 heavy (non-hydrogen) atoms. The van der Waals surface area contributed by atoms with Crippen molar-refractivity contribution >= 4 is 5.97 Å². The fraction of sp³-hybridized carbons (Fsp3) is 0.375. The third-order valence-corrected chi connectivity index (χ3v) is 5.04. The van der Waals surface area contributed by atoms with E-state index in [0.29, 0.717) is 5.76 Å². The Labute approximate surface area is 184 Å². The topological polar surface area (TPSA) is 54.0 Å². The lowest BCUT2D eigenvalue weighted by molar-refractivity contribution is -0.283. The normalized spacial score (nSPS) is 25.2. The second-order valence-corrected chi connectivity index (χ2v) is 7.06. The summed E-state index contributed by atoms with van der Waals surface area (Å²) in [6.07, 6.45) is -0.476. The molecule has 1 fully saturated rings. The standard InChI is InChI=1S/C24H21F3O5/c1-3-4-5-9-12-19-13-15-22(32-19)16-14-20(17-30-22)31-21(28)23(29-2,24(25,26)27)18-10-7-6-8-11-18/h6-8,10-13,15,20H,14,16-17H2,1-2H3/t20-,22+,23+/m1/s1. The van der Waals surface area contributed by atoms with E-state index in [-0.39, 0.29) is 25.0 Å². The molecule has 1 aromatic carbocycles. The summed E-state index contributed by atoms with van der Waals surface area (Å²) in [4.78, 5) is 12.7. The van der Waals surface area contributed by atoms with Gasteiger partial charge in [-0.2, -0.15) is 13.2 Å². The van der Waals surface area contributed by atoms with Crippen LogP contribution in [-0.4, -0.2) is 37.8 Å². The van der Waals surface area contributed by atoms with Gasteiger partial charge in [0.05, 0.1) is 6.61 Å². The molecule has 0 saturated carbocycles. The van der Waals surface area contributed by atoms with Gasteiger partial charge in [0.25, 0.3) is 5.60 Å². The van der Waals surface area contributed by atoms with E-state index >= 15 is 0 Å². The first kappa shape index (κ1) is 23.5. The number of hydrogen-bond donors (Lipinski definition) is 0. The van der Waals surface area contributed by atoms with Crippen molar-refractivity contribution in [3.63, 3.8) is 0 Å². The predicted octanol–water partition coefficient (Wildman–Crippen LogP) is 4.01. The van der Waals surface area contributed by atoms with Crippen LogP contribution in [0.2, 0.25) is 0 Å². The summed E-state index contributed by atoms with van der Waals surface area (Å²) in [5.74, 6) is 8.48. The van der Waals surface area contributed by atoms with Crippen LogP contribution in [0.3, 0.4) is 0 Å². The molecule has 8 heteroatoms. The molecule has 1 aromatic rings. The zero-order chi connectivity index (χ0) is 23.2. The van der Waals surface area contributed by atoms with E-state index in [4.69, 9.17) is 18.9 Å². The molecule has 2 aliphatic heterocycles. The van der Waals surface area contributed by atoms with Crippen molar-refractivity contribution in [1.29, 1.82) is 0 Å². The summed E-state index contributed by atoms with van der Waals surface area (Å²) in [5, 5.41) is 0. The number of ether oxygens (including phenoxy) is 4. The van der Waals surface area contributed by atoms with Crippen molar-refractivity contribution in [2.75, 3.05) is 13.7 Å². The molecule has 1 saturated heterocycles. The van der Waals surface area contributed by atoms with Gasteiger partial charge in [0, 0.05) is 25.2 Å². The zero-order valence-electron chi connectivity index (χ0n) is 17.5. The Kier molecular flexibility index (Phi) is 6.98. The summed E-state index contributed by atoms with van der Waals surface area (Å²) in [7, 11) is 0.828. The number of methoxy groups -OCH3 is 1. The number of esters is 1. The maximum absolute atomic E-state index is 14.0. The number of benzene rings is 1. The lowest BCUT2D eigenvalue weighted by atomic mass is 9.92. The van der Waals surface area contributed by atoms with E-state index in [1.54, 1.807) is 31.2 Å². The fourth-order valence-electron chi connectivity index (χ4n) is 3.44. The lowest BCUT2D eigenvalue weighted by Crippen LogP contribution is -2.53. The van der Waals surface area contributed by atoms with Gasteiger partial charge >= 0.3 is 12.1 Å². The van der Waals surface area contributed by atoms with Crippen LogP contribution in [0.15, 0.2) is 54.3 Å². The Balaban J connectivity index is 1.68. The van der Waals surface area contributed by atoms with Crippen LogP contribution in [0.1, 0.15) is 25.3 Å². The van der Waals surface area contributed by atoms with Crippen LogP contribution < -0.4 is 0 Å². The van der Waals surface area contributed by atoms with E-state index in [2.05, 4.69) is 23.7 Å². The van der Waals surface area contributed by atoms with Gasteiger partial charge in [0.1, 0.15) is 11.9 Å². The molecule has 3 rings (SSSR count). The molecule has 0 aromatic heterocycles. The van der Waals surface area contributed by atoms with Crippen molar-refractivity contribution in [3.8, 4) is 23.7 Å². The smallest absolute Gasteiger partial charge is 0.432 e. The van der Waals surface area contributed by atoms with Crippen molar-refractivity contribution < 1.29 is 36.9 Å². The number of carbonyl (C=O) groups is 1. The summed E-state index contributed by atoms with van der Waals surface area (Å²) in [5.41, 5.74) is -3.60. The van der Waals surface area contributed by atoms with Crippen LogP contribution in [0.5, 0.6) is 0 Å². The molecule has 5 nitrogen and oxygen atoms in total. The average molecular weight is 446 g/mol. The quantitative estimate of drug-likeness (QED) is 0.517. The monoisotopic (exact) mass is 446 g/mol. The largest absolute Gasteiger partial charge is 0.458 e. The first-order valence-electron chi connectivity index (χ1n) is 9.79. The van der Waals surface area contributed by atoms with E-state index < -0.39 is 29.6 Å². The van der Waals surface area contributed by atoms with Gasteiger partial charge in [-0.05, 0) is 37.3 Å². The molecule has 1 spiro atoms. The van der Waals surface area contributed by atoms with Crippen LogP contribution in [0.25, 0.3) is 0 Å². The van der Waals surface area contributed by atoms with Crippen molar-refractivity contribution in [1.82, 2.24) is 0 Å². The Morgan fingerprint density at radius 2 is 2.00 bits per heavy atom. The molecule has 0 bridgehead atoms. The first-order chi connectivity index (χ1) is 15.3. The minimum Gasteiger partial charge on any atom is -0.458 e. The Morgan fingerprint density at radius 1 is 1.25 bits per heavy atom. The number of carbonyl (C=O) groups excluding carboxylic acids is 1. The van der Waals surface area contributed by atoms with Crippen LogP contribution in [-0.2, 0) is 29.3 Å². The molecule has 0 aliphatic carbocycles. The number of allylic oxidation sites excluding steroid dienone is 2. The number of rotatable bonds is 4. The third-order valence-electron chi connectivity index (χ3n) is 5.04. The molecule has 0 N–H and O–H groups in total. The minimum absolute atomic E-state index is 0.136. The second kappa shape index (κ2) is 9.52. The SMILES string of the molecule is CC#CC#CC=C1C=C[C@@]2(CC[C@@H](OC(=O)[C@@](OC)(c3ccccc3)C(F)(F)F)CO2)O1. The molecular weight excluding hydrogens is 425 g/mol. The highest BCUT2D eigenvalue weighted by atomic mass is 19.4. The number of hydrogen-bond acceptors (Lipinski definition) is 5. The number of halogens is 3. The Morgan fingerprint density at radius 3 is 2.59 bits per heavy atom. The molecule has 2 aliphatic rings. The summed E-state index contributed by atoms with van der Waals surface area (Å²) in [6, 6.07) is 6.67. The Hall–Kier alpha value is -3.20. The Bertz CT molecular complexity index is 1010. The molecule has 0 radical (unpaired) electrons. The summed E-state index contributed by atoms with van der Waals surface area (Å²) >= 11 is 0. The van der Waals surface area contributed by atoms with Gasteiger partial charge in [0.15, 0.2) is 0 Å². The van der Waals surface area contributed by atoms with Crippen molar-refractivity contribution in [2.24, 2.45) is 0 Å². The second-order valence-electron chi connectivity index (χ2n) is 7.06. The fourth-order valence-corrected chi connectivity index (χ4v) is 3.44. The van der Waals surface area contributed by atoms with Gasteiger partial charge in [-0.3, -0.25) is 0 Å². The van der Waals surface area contributed by atoms with Gasteiger partial charge in [-0.1, -0.05) is 42.2 Å². The maximum atomic E-state index is 14.0. The van der Waals surface area contributed by atoms with E-state index in [1.807, 2.05) is 0 Å². The highest BCUT2D eigenvalue weighted by Gasteiger charge is 2.64. The van der Waals surface area contributed by atoms with E-state index in [0.717, 1.165) is 7.11 Å². The first-order valence-corrected chi connectivity index (χ1v) is 9.79. The minimum atomic E-state index is -5.03. The van der Waals surface area contributed by atoms with Gasteiger partial charge < -0.3 is 18.9 Å². The van der Waals surface area contributed by atoms with Crippen molar-refractivity contribution in [3.05, 3.63) is 59.9 Å². The zero-order valence-corrected chi connectivity index (χ0v) is 17.5. The van der Waals surface area contributed by atoms with E-state index in [9.17, 15) is 18.0 Å². The van der Waals surface area contributed by atoms with Gasteiger partial charge in [0.2, 0.25) is 5.79 Å². The molecule has 0 unspecified atom stereocenters. The van der Waals surface area contributed by atoms with Crippen LogP contribution >= 0.6 is 0 Å². The highest BCUT2D eigenvalue weighted by molar-refractivity contribution is 5.82. The average Bonchev–Trinajstić information content (AvgIpc) is 3.16. The third kappa shape index (κ3) is 4.67. The van der Waals surface area contributed by atoms with Crippen LogP contribution in [0, 0.1) is 23.7 Å². The highest BCUT2D eigenvalue weighted by Crippen LogP contribution is 2.44. The molecule has 0 amide bonds. The number of alkyl halides is 3.